The number of fused-ring (bicyclic) bond motifs is 1. The standard InChI is InChI=1S/C20H28N4O2/c25-9-8-24-20-16-23(13-18(20)11-21-24)15-19-14-22(7-4-10-26-19)12-17-5-2-1-3-6-17/h1-3,5-6,11,19,25H,4,7-10,12-16H2/t19-/m1/s1. The Morgan fingerprint density at radius 1 is 1.15 bits per heavy atom. The predicted molar refractivity (Wildman–Crippen MR) is 99.5 cm³/mol. The zero-order valence-electron chi connectivity index (χ0n) is 15.3. The second kappa shape index (κ2) is 8.31. The van der Waals surface area contributed by atoms with Gasteiger partial charge in [-0.1, -0.05) is 30.3 Å². The Balaban J connectivity index is 1.34. The summed E-state index contributed by atoms with van der Waals surface area (Å²) < 4.78 is 8.08. The van der Waals surface area contributed by atoms with Crippen LogP contribution in [-0.2, 0) is 30.9 Å². The van der Waals surface area contributed by atoms with Gasteiger partial charge in [0.25, 0.3) is 0 Å². The van der Waals surface area contributed by atoms with E-state index in [1.165, 1.54) is 16.8 Å². The molecule has 140 valence electrons. The smallest absolute Gasteiger partial charge is 0.0828 e. The molecule has 4 rings (SSSR count). The maximum Gasteiger partial charge on any atom is 0.0828 e. The number of aromatic nitrogens is 2. The van der Waals surface area contributed by atoms with Crippen molar-refractivity contribution in [3.8, 4) is 0 Å². The normalized spacial score (nSPS) is 21.7. The van der Waals surface area contributed by atoms with Crippen molar-refractivity contribution in [2.45, 2.75) is 38.7 Å². The van der Waals surface area contributed by atoms with Crippen LogP contribution in [0.4, 0.5) is 0 Å². The van der Waals surface area contributed by atoms with E-state index in [4.69, 9.17) is 4.74 Å². The molecule has 0 amide bonds. The minimum atomic E-state index is 0.133. The van der Waals surface area contributed by atoms with Gasteiger partial charge in [-0.2, -0.15) is 5.10 Å². The van der Waals surface area contributed by atoms with Gasteiger partial charge in [0.2, 0.25) is 0 Å². The van der Waals surface area contributed by atoms with Gasteiger partial charge >= 0.3 is 0 Å². The molecule has 6 nitrogen and oxygen atoms in total. The van der Waals surface area contributed by atoms with E-state index in [0.29, 0.717) is 6.54 Å². The largest absolute Gasteiger partial charge is 0.394 e. The summed E-state index contributed by atoms with van der Waals surface area (Å²) >= 11 is 0. The molecule has 1 fully saturated rings. The van der Waals surface area contributed by atoms with Crippen LogP contribution in [0.5, 0.6) is 0 Å². The van der Waals surface area contributed by atoms with Crippen LogP contribution in [-0.4, -0.2) is 63.6 Å². The molecule has 0 spiro atoms. The van der Waals surface area contributed by atoms with Crippen molar-refractivity contribution in [1.29, 1.82) is 0 Å². The molecule has 0 unspecified atom stereocenters. The zero-order chi connectivity index (χ0) is 17.8. The van der Waals surface area contributed by atoms with Gasteiger partial charge in [-0.15, -0.1) is 0 Å². The highest BCUT2D eigenvalue weighted by molar-refractivity contribution is 5.22. The molecular formula is C20H28N4O2. The van der Waals surface area contributed by atoms with Crippen LogP contribution in [0.3, 0.4) is 0 Å². The lowest BCUT2D eigenvalue weighted by Crippen LogP contribution is -2.38. The number of rotatable bonds is 6. The summed E-state index contributed by atoms with van der Waals surface area (Å²) in [5, 5.41) is 13.6. The average Bonchev–Trinajstić information content (AvgIpc) is 3.12. The predicted octanol–water partition coefficient (Wildman–Crippen LogP) is 1.48. The Labute approximate surface area is 155 Å². The number of nitrogens with zero attached hydrogens (tertiary/aromatic N) is 4. The molecule has 1 saturated heterocycles. The molecule has 6 heteroatoms. The molecule has 0 saturated carbocycles. The fourth-order valence-electron chi connectivity index (χ4n) is 4.04. The molecule has 3 heterocycles. The molecule has 2 aromatic rings. The maximum absolute atomic E-state index is 9.18. The lowest BCUT2D eigenvalue weighted by atomic mass is 10.2. The summed E-state index contributed by atoms with van der Waals surface area (Å²) in [7, 11) is 0. The fraction of sp³-hybridized carbons (Fsp3) is 0.550. The van der Waals surface area contributed by atoms with Gasteiger partial charge < -0.3 is 9.84 Å². The Bertz CT molecular complexity index is 703. The number of aliphatic hydroxyl groups excluding tert-OH is 1. The van der Waals surface area contributed by atoms with Crippen molar-refractivity contribution in [3.05, 3.63) is 53.3 Å². The van der Waals surface area contributed by atoms with Gasteiger partial charge in [-0.25, -0.2) is 0 Å². The summed E-state index contributed by atoms with van der Waals surface area (Å²) in [4.78, 5) is 4.96. The summed E-state index contributed by atoms with van der Waals surface area (Å²) in [6.07, 6.45) is 3.28. The first kappa shape index (κ1) is 17.7. The number of ether oxygens (including phenoxy) is 1. The van der Waals surface area contributed by atoms with Crippen LogP contribution in [0.2, 0.25) is 0 Å². The van der Waals surface area contributed by atoms with Gasteiger partial charge in [-0.05, 0) is 12.0 Å². The highest BCUT2D eigenvalue weighted by atomic mass is 16.5. The number of benzene rings is 1. The molecule has 1 aromatic carbocycles. The van der Waals surface area contributed by atoms with Crippen LogP contribution < -0.4 is 0 Å². The Kier molecular flexibility index (Phi) is 5.65. The van der Waals surface area contributed by atoms with Crippen LogP contribution in [0.25, 0.3) is 0 Å². The first-order valence-electron chi connectivity index (χ1n) is 9.56. The van der Waals surface area contributed by atoms with Crippen LogP contribution in [0, 0.1) is 0 Å². The van der Waals surface area contributed by atoms with Crippen LogP contribution in [0.1, 0.15) is 23.2 Å². The third-order valence-electron chi connectivity index (χ3n) is 5.26. The molecule has 1 atom stereocenters. The Morgan fingerprint density at radius 3 is 2.88 bits per heavy atom. The Hall–Kier alpha value is -1.73. The van der Waals surface area contributed by atoms with Crippen molar-refractivity contribution >= 4 is 0 Å². The van der Waals surface area contributed by atoms with Gasteiger partial charge in [0.15, 0.2) is 0 Å². The second-order valence-electron chi connectivity index (χ2n) is 7.30. The van der Waals surface area contributed by atoms with E-state index in [2.05, 4.69) is 45.2 Å². The van der Waals surface area contributed by atoms with E-state index >= 15 is 0 Å². The Morgan fingerprint density at radius 2 is 2.04 bits per heavy atom. The molecule has 1 N–H and O–H groups in total. The molecule has 2 aliphatic heterocycles. The third kappa shape index (κ3) is 4.15. The van der Waals surface area contributed by atoms with E-state index in [0.717, 1.165) is 52.3 Å². The number of aliphatic hydroxyl groups is 1. The summed E-state index contributed by atoms with van der Waals surface area (Å²) in [5.74, 6) is 0. The van der Waals surface area contributed by atoms with E-state index in [1.54, 1.807) is 0 Å². The highest BCUT2D eigenvalue weighted by Crippen LogP contribution is 2.23. The highest BCUT2D eigenvalue weighted by Gasteiger charge is 2.27. The molecule has 2 aliphatic rings. The fourth-order valence-corrected chi connectivity index (χ4v) is 4.04. The quantitative estimate of drug-likeness (QED) is 0.850. The summed E-state index contributed by atoms with van der Waals surface area (Å²) in [6.45, 7) is 7.39. The van der Waals surface area contributed by atoms with Crippen molar-refractivity contribution in [3.63, 3.8) is 0 Å². The average molecular weight is 356 g/mol. The molecule has 1 aromatic heterocycles. The second-order valence-corrected chi connectivity index (χ2v) is 7.30. The monoisotopic (exact) mass is 356 g/mol. The van der Waals surface area contributed by atoms with Gasteiger partial charge in [-0.3, -0.25) is 14.5 Å². The van der Waals surface area contributed by atoms with Gasteiger partial charge in [0, 0.05) is 51.4 Å². The van der Waals surface area contributed by atoms with Crippen molar-refractivity contribution in [1.82, 2.24) is 19.6 Å². The molecule has 0 radical (unpaired) electrons. The number of hydrogen-bond donors (Lipinski definition) is 1. The zero-order valence-corrected chi connectivity index (χ0v) is 15.3. The third-order valence-corrected chi connectivity index (χ3v) is 5.26. The van der Waals surface area contributed by atoms with Crippen molar-refractivity contribution < 1.29 is 9.84 Å². The van der Waals surface area contributed by atoms with E-state index < -0.39 is 0 Å². The van der Waals surface area contributed by atoms with E-state index in [9.17, 15) is 5.11 Å². The minimum absolute atomic E-state index is 0.133. The molecule has 26 heavy (non-hydrogen) atoms. The lowest BCUT2D eigenvalue weighted by molar-refractivity contribution is 0.0243. The molecular weight excluding hydrogens is 328 g/mol. The van der Waals surface area contributed by atoms with Crippen molar-refractivity contribution in [2.24, 2.45) is 0 Å². The lowest BCUT2D eigenvalue weighted by Gasteiger charge is -2.27. The SMILES string of the molecule is OCCn1ncc2c1CN(C[C@H]1CN(Cc3ccccc3)CCCO1)C2. The molecule has 0 aliphatic carbocycles. The van der Waals surface area contributed by atoms with Gasteiger partial charge in [0.1, 0.15) is 0 Å². The van der Waals surface area contributed by atoms with Crippen molar-refractivity contribution in [2.75, 3.05) is 32.8 Å². The number of hydrogen-bond acceptors (Lipinski definition) is 5. The summed E-state index contributed by atoms with van der Waals surface area (Å²) in [5.41, 5.74) is 3.90. The molecule has 0 bridgehead atoms. The van der Waals surface area contributed by atoms with Crippen LogP contribution in [0.15, 0.2) is 36.5 Å². The van der Waals surface area contributed by atoms with Gasteiger partial charge in [0.05, 0.1) is 31.1 Å². The maximum atomic E-state index is 9.18. The first-order valence-corrected chi connectivity index (χ1v) is 9.56. The summed E-state index contributed by atoms with van der Waals surface area (Å²) in [6, 6.07) is 10.7. The van der Waals surface area contributed by atoms with E-state index in [1.807, 2.05) is 10.9 Å². The minimum Gasteiger partial charge on any atom is -0.394 e. The topological polar surface area (TPSA) is 53.8 Å². The van der Waals surface area contributed by atoms with Crippen LogP contribution >= 0.6 is 0 Å². The van der Waals surface area contributed by atoms with E-state index in [-0.39, 0.29) is 12.7 Å². The first-order chi connectivity index (χ1) is 12.8.